The lowest BCUT2D eigenvalue weighted by Crippen LogP contribution is -2.52. The minimum Gasteiger partial charge on any atom is -0.497 e. The van der Waals surface area contributed by atoms with Crippen LogP contribution in [0.1, 0.15) is 19.3 Å². The van der Waals surface area contributed by atoms with Crippen LogP contribution in [0.25, 0.3) is 11.3 Å². The van der Waals surface area contributed by atoms with Gasteiger partial charge < -0.3 is 24.8 Å². The number of methoxy groups -OCH3 is 1. The van der Waals surface area contributed by atoms with Crippen LogP contribution in [0.4, 0.5) is 0 Å². The van der Waals surface area contributed by atoms with Gasteiger partial charge in [-0.1, -0.05) is 17.3 Å². The Hall–Kier alpha value is -2.49. The maximum atomic E-state index is 12.0. The summed E-state index contributed by atoms with van der Waals surface area (Å²) in [6, 6.07) is 7.55. The van der Waals surface area contributed by atoms with Gasteiger partial charge in [-0.05, 0) is 45.5 Å². The molecule has 0 saturated carbocycles. The van der Waals surface area contributed by atoms with Crippen molar-refractivity contribution in [2.75, 3.05) is 34.4 Å². The Labute approximate surface area is 177 Å². The number of amides is 1. The number of rotatable bonds is 9. The molecule has 0 bridgehead atoms. The summed E-state index contributed by atoms with van der Waals surface area (Å²) < 4.78 is 13.1. The minimum atomic E-state index is -0.391. The number of benzene rings is 1. The minimum absolute atomic E-state index is 0.00798. The number of likely N-dealkylation sites (N-methyl/N-ethyl adjacent to an activating group) is 1. The molecule has 30 heavy (non-hydrogen) atoms. The molecule has 0 unspecified atom stereocenters. The van der Waals surface area contributed by atoms with E-state index in [2.05, 4.69) is 15.6 Å². The number of aliphatic hydroxyl groups excluding tert-OH is 1. The highest BCUT2D eigenvalue weighted by Gasteiger charge is 2.31. The standard InChI is InChI=1S/C21H31N5O4/c1-25(2)13-21(28)22-18-8-7-16(30-20(18)14-27)9-10-26-12-19(23-24-26)15-5-4-6-17(11-15)29-3/h4-6,11-12,16,18,20,27H,7-10,13-14H2,1-3H3,(H,22,28)/t16-,18-,20-/m1/s1. The summed E-state index contributed by atoms with van der Waals surface area (Å²) in [5.41, 5.74) is 1.74. The number of hydrogen-bond acceptors (Lipinski definition) is 7. The monoisotopic (exact) mass is 417 g/mol. The fraction of sp³-hybridized carbons (Fsp3) is 0.571. The van der Waals surface area contributed by atoms with E-state index in [1.807, 2.05) is 49.5 Å². The highest BCUT2D eigenvalue weighted by Crippen LogP contribution is 2.24. The van der Waals surface area contributed by atoms with Crippen molar-refractivity contribution in [2.45, 2.75) is 44.1 Å². The summed E-state index contributed by atoms with van der Waals surface area (Å²) in [6.45, 7) is 0.865. The number of nitrogens with zero attached hydrogens (tertiary/aromatic N) is 4. The second kappa shape index (κ2) is 10.5. The first-order valence-electron chi connectivity index (χ1n) is 10.2. The summed E-state index contributed by atoms with van der Waals surface area (Å²) in [5.74, 6) is 0.720. The van der Waals surface area contributed by atoms with E-state index in [0.717, 1.165) is 36.3 Å². The van der Waals surface area contributed by atoms with Gasteiger partial charge in [0.25, 0.3) is 0 Å². The highest BCUT2D eigenvalue weighted by atomic mass is 16.5. The maximum absolute atomic E-state index is 12.0. The molecule has 2 aromatic rings. The molecule has 2 N–H and O–H groups in total. The van der Waals surface area contributed by atoms with Crippen molar-refractivity contribution in [3.8, 4) is 17.0 Å². The van der Waals surface area contributed by atoms with E-state index in [1.54, 1.807) is 11.8 Å². The summed E-state index contributed by atoms with van der Waals surface area (Å²) in [4.78, 5) is 13.8. The van der Waals surface area contributed by atoms with Crippen LogP contribution in [-0.4, -0.2) is 83.5 Å². The van der Waals surface area contributed by atoms with Crippen LogP contribution in [0.2, 0.25) is 0 Å². The SMILES string of the molecule is COc1cccc(-c2cn(CC[C@H]3CC[C@@H](NC(=O)CN(C)C)[C@@H](CO)O3)nn2)c1. The Morgan fingerprint density at radius 3 is 2.97 bits per heavy atom. The molecule has 1 amide bonds. The third-order valence-corrected chi connectivity index (χ3v) is 5.19. The number of aliphatic hydroxyl groups is 1. The lowest BCUT2D eigenvalue weighted by atomic mass is 9.97. The van der Waals surface area contributed by atoms with Gasteiger partial charge in [-0.15, -0.1) is 5.10 Å². The molecule has 3 rings (SSSR count). The largest absolute Gasteiger partial charge is 0.497 e. The molecule has 0 aliphatic carbocycles. The average Bonchev–Trinajstić information content (AvgIpc) is 3.21. The van der Waals surface area contributed by atoms with Crippen LogP contribution in [-0.2, 0) is 16.1 Å². The third-order valence-electron chi connectivity index (χ3n) is 5.19. The summed E-state index contributed by atoms with van der Waals surface area (Å²) >= 11 is 0. The van der Waals surface area contributed by atoms with Crippen LogP contribution < -0.4 is 10.1 Å². The van der Waals surface area contributed by atoms with Crippen molar-refractivity contribution in [2.24, 2.45) is 0 Å². The molecule has 1 aromatic heterocycles. The van der Waals surface area contributed by atoms with Gasteiger partial charge in [-0.3, -0.25) is 9.48 Å². The van der Waals surface area contributed by atoms with Crippen molar-refractivity contribution in [1.82, 2.24) is 25.2 Å². The number of aryl methyl sites for hydroxylation is 1. The molecule has 9 nitrogen and oxygen atoms in total. The molecular formula is C21H31N5O4. The Morgan fingerprint density at radius 2 is 2.23 bits per heavy atom. The average molecular weight is 418 g/mol. The van der Waals surface area contributed by atoms with E-state index in [0.29, 0.717) is 13.1 Å². The molecule has 1 aliphatic heterocycles. The van der Waals surface area contributed by atoms with Crippen molar-refractivity contribution < 1.29 is 19.4 Å². The number of carbonyl (C=O) groups is 1. The second-order valence-electron chi connectivity index (χ2n) is 7.86. The topological polar surface area (TPSA) is 102 Å². The zero-order valence-corrected chi connectivity index (χ0v) is 17.8. The quantitative estimate of drug-likeness (QED) is 0.626. The van der Waals surface area contributed by atoms with Crippen LogP contribution in [0.3, 0.4) is 0 Å². The number of carbonyl (C=O) groups excluding carboxylic acids is 1. The molecule has 1 aliphatic rings. The first-order valence-corrected chi connectivity index (χ1v) is 10.2. The Balaban J connectivity index is 1.51. The Bertz CT molecular complexity index is 825. The van der Waals surface area contributed by atoms with Gasteiger partial charge in [0.1, 0.15) is 17.5 Å². The number of hydrogen-bond donors (Lipinski definition) is 2. The summed E-state index contributed by atoms with van der Waals surface area (Å²) in [6.07, 6.45) is 3.88. The molecule has 3 atom stereocenters. The van der Waals surface area contributed by atoms with E-state index in [1.165, 1.54) is 0 Å². The molecular weight excluding hydrogens is 386 g/mol. The number of ether oxygens (including phenoxy) is 2. The van der Waals surface area contributed by atoms with E-state index in [9.17, 15) is 9.90 Å². The number of aromatic nitrogens is 3. The zero-order chi connectivity index (χ0) is 21.5. The van der Waals surface area contributed by atoms with Crippen molar-refractivity contribution in [1.29, 1.82) is 0 Å². The molecule has 9 heteroatoms. The predicted octanol–water partition coefficient (Wildman–Crippen LogP) is 0.930. The van der Waals surface area contributed by atoms with Gasteiger partial charge in [-0.2, -0.15) is 0 Å². The zero-order valence-electron chi connectivity index (χ0n) is 17.8. The van der Waals surface area contributed by atoms with Crippen LogP contribution in [0.5, 0.6) is 5.75 Å². The van der Waals surface area contributed by atoms with Gasteiger partial charge in [0.05, 0.1) is 38.6 Å². The molecule has 0 spiro atoms. The normalized spacial score (nSPS) is 21.6. The highest BCUT2D eigenvalue weighted by molar-refractivity contribution is 5.78. The van der Waals surface area contributed by atoms with Crippen molar-refractivity contribution >= 4 is 5.91 Å². The lowest BCUT2D eigenvalue weighted by Gasteiger charge is -2.36. The summed E-state index contributed by atoms with van der Waals surface area (Å²) in [5, 5.41) is 21.1. The maximum Gasteiger partial charge on any atom is 0.234 e. The smallest absolute Gasteiger partial charge is 0.234 e. The first-order chi connectivity index (χ1) is 14.5. The Morgan fingerprint density at radius 1 is 1.40 bits per heavy atom. The second-order valence-corrected chi connectivity index (χ2v) is 7.86. The summed E-state index contributed by atoms with van der Waals surface area (Å²) in [7, 11) is 5.33. The first kappa shape index (κ1) is 22.2. The molecule has 2 heterocycles. The van der Waals surface area contributed by atoms with E-state index in [-0.39, 0.29) is 24.7 Å². The van der Waals surface area contributed by atoms with Crippen molar-refractivity contribution in [3.05, 3.63) is 30.5 Å². The number of nitrogens with one attached hydrogen (secondary N) is 1. The molecule has 164 valence electrons. The van der Waals surface area contributed by atoms with Crippen LogP contribution in [0.15, 0.2) is 30.5 Å². The van der Waals surface area contributed by atoms with Crippen LogP contribution >= 0.6 is 0 Å². The van der Waals surface area contributed by atoms with Gasteiger partial charge in [0, 0.05) is 12.1 Å². The molecule has 1 fully saturated rings. The fourth-order valence-electron chi connectivity index (χ4n) is 3.65. The molecule has 0 radical (unpaired) electrons. The molecule has 1 aromatic carbocycles. The van der Waals surface area contributed by atoms with E-state index in [4.69, 9.17) is 9.47 Å². The van der Waals surface area contributed by atoms with Gasteiger partial charge in [-0.25, -0.2) is 0 Å². The van der Waals surface area contributed by atoms with Gasteiger partial charge in [0.15, 0.2) is 0 Å². The Kier molecular flexibility index (Phi) is 7.78. The molecule has 1 saturated heterocycles. The van der Waals surface area contributed by atoms with Gasteiger partial charge in [0.2, 0.25) is 5.91 Å². The predicted molar refractivity (Wildman–Crippen MR) is 112 cm³/mol. The van der Waals surface area contributed by atoms with Gasteiger partial charge >= 0.3 is 0 Å². The van der Waals surface area contributed by atoms with Crippen molar-refractivity contribution in [3.63, 3.8) is 0 Å². The lowest BCUT2D eigenvalue weighted by molar-refractivity contribution is -0.129. The van der Waals surface area contributed by atoms with E-state index >= 15 is 0 Å². The third kappa shape index (κ3) is 6.01. The van der Waals surface area contributed by atoms with Crippen LogP contribution in [0, 0.1) is 0 Å². The van der Waals surface area contributed by atoms with E-state index < -0.39 is 6.10 Å². The fourth-order valence-corrected chi connectivity index (χ4v) is 3.65.